The van der Waals surface area contributed by atoms with Crippen LogP contribution in [0.4, 0.5) is 11.5 Å². The van der Waals surface area contributed by atoms with Crippen LogP contribution >= 0.6 is 15.9 Å². The molecular weight excluding hydrogens is 280 g/mol. The number of halogens is 1. The van der Waals surface area contributed by atoms with Crippen LogP contribution in [-0.2, 0) is 0 Å². The second-order valence-electron chi connectivity index (χ2n) is 3.60. The molecule has 88 valence electrons. The fraction of sp³-hybridized carbons (Fsp3) is 0.154. The van der Waals surface area contributed by atoms with E-state index in [0.29, 0.717) is 0 Å². The van der Waals surface area contributed by atoms with Crippen molar-refractivity contribution in [1.82, 2.24) is 4.98 Å². The molecule has 0 unspecified atom stereocenters. The van der Waals surface area contributed by atoms with Gasteiger partial charge in [0.05, 0.1) is 7.11 Å². The summed E-state index contributed by atoms with van der Waals surface area (Å²) < 4.78 is 6.18. The standard InChI is InChI=1S/C13H13BrN2O/c1-16(13-7-6-10(14)9-15-13)11-4-3-5-12(8-11)17-2/h3-9H,1-2H3. The molecule has 0 N–H and O–H groups in total. The summed E-state index contributed by atoms with van der Waals surface area (Å²) in [4.78, 5) is 6.36. The number of nitrogens with zero attached hydrogens (tertiary/aromatic N) is 2. The molecule has 2 rings (SSSR count). The Morgan fingerprint density at radius 2 is 2.06 bits per heavy atom. The predicted molar refractivity (Wildman–Crippen MR) is 73.0 cm³/mol. The average Bonchev–Trinajstić information content (AvgIpc) is 2.39. The van der Waals surface area contributed by atoms with Crippen molar-refractivity contribution < 1.29 is 4.74 Å². The lowest BCUT2D eigenvalue weighted by molar-refractivity contribution is 0.415. The summed E-state index contributed by atoms with van der Waals surface area (Å²) in [6, 6.07) is 11.8. The van der Waals surface area contributed by atoms with Gasteiger partial charge in [-0.15, -0.1) is 0 Å². The molecule has 1 heterocycles. The fourth-order valence-corrected chi connectivity index (χ4v) is 1.75. The van der Waals surface area contributed by atoms with Gasteiger partial charge in [0.25, 0.3) is 0 Å². The summed E-state index contributed by atoms with van der Waals surface area (Å²) in [6.45, 7) is 0. The Bertz CT molecular complexity index is 499. The summed E-state index contributed by atoms with van der Waals surface area (Å²) >= 11 is 3.37. The molecule has 2 aromatic rings. The maximum Gasteiger partial charge on any atom is 0.132 e. The van der Waals surface area contributed by atoms with Gasteiger partial charge in [-0.05, 0) is 40.2 Å². The molecule has 0 fully saturated rings. The third-order valence-corrected chi connectivity index (χ3v) is 2.97. The van der Waals surface area contributed by atoms with E-state index in [1.54, 1.807) is 13.3 Å². The first-order chi connectivity index (χ1) is 8.20. The number of anilines is 2. The molecule has 0 atom stereocenters. The van der Waals surface area contributed by atoms with Crippen LogP contribution < -0.4 is 9.64 Å². The van der Waals surface area contributed by atoms with E-state index in [0.717, 1.165) is 21.7 Å². The fourth-order valence-electron chi connectivity index (χ4n) is 1.52. The monoisotopic (exact) mass is 292 g/mol. The van der Waals surface area contributed by atoms with E-state index < -0.39 is 0 Å². The minimum absolute atomic E-state index is 0.839. The normalized spacial score (nSPS) is 10.1. The summed E-state index contributed by atoms with van der Waals surface area (Å²) in [5.41, 5.74) is 1.04. The minimum atomic E-state index is 0.839. The summed E-state index contributed by atoms with van der Waals surface area (Å²) in [7, 11) is 3.64. The van der Waals surface area contributed by atoms with Crippen molar-refractivity contribution in [2.24, 2.45) is 0 Å². The van der Waals surface area contributed by atoms with Gasteiger partial charge in [-0.3, -0.25) is 0 Å². The Hall–Kier alpha value is -1.55. The SMILES string of the molecule is COc1cccc(N(C)c2ccc(Br)cn2)c1. The van der Waals surface area contributed by atoms with E-state index >= 15 is 0 Å². The smallest absolute Gasteiger partial charge is 0.132 e. The lowest BCUT2D eigenvalue weighted by Gasteiger charge is -2.18. The number of rotatable bonds is 3. The lowest BCUT2D eigenvalue weighted by Crippen LogP contribution is -2.10. The molecule has 0 spiro atoms. The van der Waals surface area contributed by atoms with Gasteiger partial charge in [-0.25, -0.2) is 4.98 Å². The Labute approximate surface area is 109 Å². The second-order valence-corrected chi connectivity index (χ2v) is 4.51. The first-order valence-electron chi connectivity index (χ1n) is 5.20. The largest absolute Gasteiger partial charge is 0.497 e. The van der Waals surface area contributed by atoms with Crippen LogP contribution in [0.5, 0.6) is 5.75 Å². The Morgan fingerprint density at radius 3 is 2.71 bits per heavy atom. The summed E-state index contributed by atoms with van der Waals surface area (Å²) in [6.07, 6.45) is 1.78. The molecule has 0 amide bonds. The molecule has 0 saturated heterocycles. The van der Waals surface area contributed by atoms with Crippen LogP contribution in [0, 0.1) is 0 Å². The highest BCUT2D eigenvalue weighted by molar-refractivity contribution is 9.10. The Kier molecular flexibility index (Phi) is 3.64. The second kappa shape index (κ2) is 5.19. The van der Waals surface area contributed by atoms with Crippen molar-refractivity contribution in [3.63, 3.8) is 0 Å². The minimum Gasteiger partial charge on any atom is -0.497 e. The molecule has 0 aliphatic heterocycles. The first kappa shape index (κ1) is 11.9. The van der Waals surface area contributed by atoms with E-state index in [9.17, 15) is 0 Å². The van der Waals surface area contributed by atoms with Gasteiger partial charge in [0, 0.05) is 29.5 Å². The van der Waals surface area contributed by atoms with Gasteiger partial charge in [0.2, 0.25) is 0 Å². The van der Waals surface area contributed by atoms with Crippen LogP contribution in [0.2, 0.25) is 0 Å². The zero-order valence-corrected chi connectivity index (χ0v) is 11.3. The Morgan fingerprint density at radius 1 is 1.24 bits per heavy atom. The number of hydrogen-bond acceptors (Lipinski definition) is 3. The topological polar surface area (TPSA) is 25.4 Å². The quantitative estimate of drug-likeness (QED) is 0.864. The van der Waals surface area contributed by atoms with Crippen LogP contribution in [0.15, 0.2) is 47.1 Å². The van der Waals surface area contributed by atoms with Crippen molar-refractivity contribution in [2.45, 2.75) is 0 Å². The van der Waals surface area contributed by atoms with Crippen molar-refractivity contribution in [3.8, 4) is 5.75 Å². The highest BCUT2D eigenvalue weighted by Gasteiger charge is 2.05. The zero-order valence-electron chi connectivity index (χ0n) is 9.72. The maximum atomic E-state index is 5.21. The van der Waals surface area contributed by atoms with Crippen molar-refractivity contribution >= 4 is 27.4 Å². The summed E-state index contributed by atoms with van der Waals surface area (Å²) in [5.74, 6) is 1.73. The highest BCUT2D eigenvalue weighted by atomic mass is 79.9. The van der Waals surface area contributed by atoms with E-state index in [4.69, 9.17) is 4.74 Å². The van der Waals surface area contributed by atoms with Crippen molar-refractivity contribution in [2.75, 3.05) is 19.1 Å². The number of hydrogen-bond donors (Lipinski definition) is 0. The molecule has 17 heavy (non-hydrogen) atoms. The van der Waals surface area contributed by atoms with E-state index in [1.165, 1.54) is 0 Å². The van der Waals surface area contributed by atoms with Gasteiger partial charge in [-0.2, -0.15) is 0 Å². The summed E-state index contributed by atoms with van der Waals surface area (Å²) in [5, 5.41) is 0. The van der Waals surface area contributed by atoms with Crippen molar-refractivity contribution in [3.05, 3.63) is 47.1 Å². The lowest BCUT2D eigenvalue weighted by atomic mass is 10.2. The van der Waals surface area contributed by atoms with Gasteiger partial charge in [0.15, 0.2) is 0 Å². The maximum absolute atomic E-state index is 5.21. The average molecular weight is 293 g/mol. The number of pyridine rings is 1. The number of ether oxygens (including phenoxy) is 1. The van der Waals surface area contributed by atoms with Gasteiger partial charge < -0.3 is 9.64 Å². The highest BCUT2D eigenvalue weighted by Crippen LogP contribution is 2.25. The van der Waals surface area contributed by atoms with Crippen molar-refractivity contribution in [1.29, 1.82) is 0 Å². The Balaban J connectivity index is 2.29. The predicted octanol–water partition coefficient (Wildman–Crippen LogP) is 3.62. The van der Waals surface area contributed by atoms with Gasteiger partial charge in [-0.1, -0.05) is 6.07 Å². The molecule has 1 aromatic carbocycles. The zero-order chi connectivity index (χ0) is 12.3. The molecule has 0 radical (unpaired) electrons. The van der Waals surface area contributed by atoms with Crippen LogP contribution in [0.3, 0.4) is 0 Å². The molecule has 0 saturated carbocycles. The molecule has 0 bridgehead atoms. The van der Waals surface area contributed by atoms with Gasteiger partial charge in [0.1, 0.15) is 11.6 Å². The first-order valence-corrected chi connectivity index (χ1v) is 5.99. The number of aromatic nitrogens is 1. The molecule has 0 aliphatic rings. The third kappa shape index (κ3) is 2.77. The number of methoxy groups -OCH3 is 1. The molecule has 1 aromatic heterocycles. The molecule has 0 aliphatic carbocycles. The van der Waals surface area contributed by atoms with Gasteiger partial charge >= 0.3 is 0 Å². The third-order valence-electron chi connectivity index (χ3n) is 2.50. The van der Waals surface area contributed by atoms with E-state index in [1.807, 2.05) is 48.3 Å². The van der Waals surface area contributed by atoms with E-state index in [-0.39, 0.29) is 0 Å². The van der Waals surface area contributed by atoms with Crippen LogP contribution in [0.25, 0.3) is 0 Å². The molecule has 3 nitrogen and oxygen atoms in total. The van der Waals surface area contributed by atoms with Crippen LogP contribution in [0.1, 0.15) is 0 Å². The van der Waals surface area contributed by atoms with Crippen LogP contribution in [-0.4, -0.2) is 19.1 Å². The number of benzene rings is 1. The van der Waals surface area contributed by atoms with E-state index in [2.05, 4.69) is 20.9 Å². The molecule has 4 heteroatoms. The molecular formula is C13H13BrN2O.